The summed E-state index contributed by atoms with van der Waals surface area (Å²) in [7, 11) is 0. The monoisotopic (exact) mass is 266 g/mol. The Morgan fingerprint density at radius 2 is 2.21 bits per heavy atom. The van der Waals surface area contributed by atoms with E-state index in [1.165, 1.54) is 4.68 Å². The summed E-state index contributed by atoms with van der Waals surface area (Å²) in [4.78, 5) is 14.1. The van der Waals surface area contributed by atoms with E-state index in [2.05, 4.69) is 22.2 Å². The Labute approximate surface area is 113 Å². The summed E-state index contributed by atoms with van der Waals surface area (Å²) in [6.45, 7) is 7.68. The van der Waals surface area contributed by atoms with Crippen molar-refractivity contribution in [3.63, 3.8) is 0 Å². The normalized spacial score (nSPS) is 15.7. The van der Waals surface area contributed by atoms with E-state index in [-0.39, 0.29) is 5.56 Å². The smallest absolute Gasteiger partial charge is 0.268 e. The molecule has 2 heterocycles. The summed E-state index contributed by atoms with van der Waals surface area (Å²) in [6, 6.07) is 1.67. The number of hydrogen-bond donors (Lipinski definition) is 1. The lowest BCUT2D eigenvalue weighted by Gasteiger charge is -2.28. The lowest BCUT2D eigenvalue weighted by Crippen LogP contribution is -2.37. The van der Waals surface area contributed by atoms with Gasteiger partial charge in [0, 0.05) is 25.7 Å². The molecule has 1 aliphatic rings. The number of aryl methyl sites for hydroxylation is 1. The summed E-state index contributed by atoms with van der Waals surface area (Å²) >= 11 is 0. The van der Waals surface area contributed by atoms with Crippen LogP contribution >= 0.6 is 0 Å². The van der Waals surface area contributed by atoms with Gasteiger partial charge in [0.2, 0.25) is 0 Å². The average Bonchev–Trinajstić information content (AvgIpc) is 2.46. The maximum absolute atomic E-state index is 12.0. The minimum atomic E-state index is -0.0273. The van der Waals surface area contributed by atoms with Crippen LogP contribution in [0.4, 0.5) is 5.69 Å². The van der Waals surface area contributed by atoms with Crippen LogP contribution < -0.4 is 15.8 Å². The number of rotatable bonds is 6. The van der Waals surface area contributed by atoms with E-state index < -0.39 is 0 Å². The summed E-state index contributed by atoms with van der Waals surface area (Å²) < 4.78 is 6.83. The Kier molecular flexibility index (Phi) is 5.35. The topological polar surface area (TPSA) is 59.4 Å². The highest BCUT2D eigenvalue weighted by molar-refractivity contribution is 5.43. The maximum atomic E-state index is 12.0. The van der Waals surface area contributed by atoms with Gasteiger partial charge in [-0.05, 0) is 19.5 Å². The minimum absolute atomic E-state index is 0.0273. The van der Waals surface area contributed by atoms with Crippen LogP contribution in [0.15, 0.2) is 17.1 Å². The molecule has 0 bridgehead atoms. The molecule has 106 valence electrons. The SMILES string of the molecule is CCNCCCn1ncc(N2CCOCC2)cc1=O. The third kappa shape index (κ3) is 4.04. The molecule has 0 atom stereocenters. The van der Waals surface area contributed by atoms with Gasteiger partial charge >= 0.3 is 0 Å². The van der Waals surface area contributed by atoms with E-state index >= 15 is 0 Å². The third-order valence-electron chi connectivity index (χ3n) is 3.20. The van der Waals surface area contributed by atoms with Crippen molar-refractivity contribution in [2.24, 2.45) is 0 Å². The Balaban J connectivity index is 1.94. The molecule has 1 aromatic heterocycles. The largest absolute Gasteiger partial charge is 0.378 e. The Morgan fingerprint density at radius 3 is 2.89 bits per heavy atom. The van der Waals surface area contributed by atoms with Gasteiger partial charge in [-0.2, -0.15) is 5.10 Å². The highest BCUT2D eigenvalue weighted by atomic mass is 16.5. The molecule has 0 aromatic carbocycles. The van der Waals surface area contributed by atoms with Gasteiger partial charge in [0.25, 0.3) is 5.56 Å². The van der Waals surface area contributed by atoms with E-state index in [0.29, 0.717) is 19.8 Å². The van der Waals surface area contributed by atoms with Gasteiger partial charge in [-0.25, -0.2) is 4.68 Å². The van der Waals surface area contributed by atoms with Crippen LogP contribution in [0.25, 0.3) is 0 Å². The first-order valence-electron chi connectivity index (χ1n) is 6.92. The van der Waals surface area contributed by atoms with Crippen molar-refractivity contribution in [3.8, 4) is 0 Å². The Morgan fingerprint density at radius 1 is 1.42 bits per heavy atom. The molecule has 2 rings (SSSR count). The van der Waals surface area contributed by atoms with Crippen molar-refractivity contribution >= 4 is 5.69 Å². The van der Waals surface area contributed by atoms with Gasteiger partial charge in [-0.1, -0.05) is 6.92 Å². The maximum Gasteiger partial charge on any atom is 0.268 e. The standard InChI is InChI=1S/C13H22N4O2/c1-2-14-4-3-5-17-13(18)10-12(11-15-17)16-6-8-19-9-7-16/h10-11,14H,2-9H2,1H3. The van der Waals surface area contributed by atoms with Crippen LogP contribution in [0, 0.1) is 0 Å². The summed E-state index contributed by atoms with van der Waals surface area (Å²) in [5.74, 6) is 0. The third-order valence-corrected chi connectivity index (χ3v) is 3.20. The minimum Gasteiger partial charge on any atom is -0.378 e. The summed E-state index contributed by atoms with van der Waals surface area (Å²) in [5.41, 5.74) is 0.872. The van der Waals surface area contributed by atoms with Gasteiger partial charge in [-0.3, -0.25) is 4.79 Å². The zero-order valence-electron chi connectivity index (χ0n) is 11.5. The second kappa shape index (κ2) is 7.25. The van der Waals surface area contributed by atoms with Crippen molar-refractivity contribution in [2.45, 2.75) is 19.9 Å². The molecule has 6 nitrogen and oxygen atoms in total. The van der Waals surface area contributed by atoms with Crippen molar-refractivity contribution in [3.05, 3.63) is 22.6 Å². The van der Waals surface area contributed by atoms with Crippen LogP contribution in [-0.4, -0.2) is 49.2 Å². The second-order valence-electron chi connectivity index (χ2n) is 4.58. The zero-order valence-corrected chi connectivity index (χ0v) is 11.5. The molecule has 0 aliphatic carbocycles. The molecule has 1 aliphatic heterocycles. The van der Waals surface area contributed by atoms with Gasteiger partial charge < -0.3 is 15.0 Å². The van der Waals surface area contributed by atoms with Crippen LogP contribution in [0.3, 0.4) is 0 Å². The molecule has 0 unspecified atom stereocenters. The highest BCUT2D eigenvalue weighted by Crippen LogP contribution is 2.11. The van der Waals surface area contributed by atoms with Crippen LogP contribution in [0.5, 0.6) is 0 Å². The van der Waals surface area contributed by atoms with Crippen LogP contribution in [0.1, 0.15) is 13.3 Å². The number of ether oxygens (including phenoxy) is 1. The number of nitrogens with one attached hydrogen (secondary N) is 1. The van der Waals surface area contributed by atoms with Crippen molar-refractivity contribution in [1.82, 2.24) is 15.1 Å². The first-order valence-corrected chi connectivity index (χ1v) is 6.92. The summed E-state index contributed by atoms with van der Waals surface area (Å²) in [6.07, 6.45) is 2.69. The van der Waals surface area contributed by atoms with Gasteiger partial charge in [-0.15, -0.1) is 0 Å². The van der Waals surface area contributed by atoms with E-state index in [1.54, 1.807) is 12.3 Å². The molecular formula is C13H22N4O2. The van der Waals surface area contributed by atoms with Crippen molar-refractivity contribution in [2.75, 3.05) is 44.3 Å². The van der Waals surface area contributed by atoms with Crippen LogP contribution in [-0.2, 0) is 11.3 Å². The molecule has 1 fully saturated rings. The molecule has 0 amide bonds. The lowest BCUT2D eigenvalue weighted by atomic mass is 10.3. The number of aromatic nitrogens is 2. The second-order valence-corrected chi connectivity index (χ2v) is 4.58. The molecule has 0 saturated carbocycles. The molecular weight excluding hydrogens is 244 g/mol. The Bertz CT molecular complexity index is 441. The molecule has 0 spiro atoms. The molecule has 6 heteroatoms. The lowest BCUT2D eigenvalue weighted by molar-refractivity contribution is 0.122. The molecule has 1 N–H and O–H groups in total. The van der Waals surface area contributed by atoms with Crippen LogP contribution in [0.2, 0.25) is 0 Å². The molecule has 1 aromatic rings. The molecule has 1 saturated heterocycles. The van der Waals surface area contributed by atoms with E-state index in [0.717, 1.165) is 38.3 Å². The predicted molar refractivity (Wildman–Crippen MR) is 74.7 cm³/mol. The number of hydrogen-bond acceptors (Lipinski definition) is 5. The van der Waals surface area contributed by atoms with Crippen molar-refractivity contribution < 1.29 is 4.74 Å². The Hall–Kier alpha value is -1.40. The fraction of sp³-hybridized carbons (Fsp3) is 0.692. The molecule has 19 heavy (non-hydrogen) atoms. The first kappa shape index (κ1) is 14.0. The van der Waals surface area contributed by atoms with E-state index in [9.17, 15) is 4.79 Å². The number of anilines is 1. The van der Waals surface area contributed by atoms with E-state index in [1.807, 2.05) is 0 Å². The highest BCUT2D eigenvalue weighted by Gasteiger charge is 2.12. The van der Waals surface area contributed by atoms with Gasteiger partial charge in [0.1, 0.15) is 0 Å². The average molecular weight is 266 g/mol. The van der Waals surface area contributed by atoms with Gasteiger partial charge in [0.05, 0.1) is 25.1 Å². The predicted octanol–water partition coefficient (Wildman–Crippen LogP) is 0.0795. The molecule has 0 radical (unpaired) electrons. The fourth-order valence-corrected chi connectivity index (χ4v) is 2.12. The van der Waals surface area contributed by atoms with E-state index in [4.69, 9.17) is 4.74 Å². The van der Waals surface area contributed by atoms with Gasteiger partial charge in [0.15, 0.2) is 0 Å². The zero-order chi connectivity index (χ0) is 13.5. The van der Waals surface area contributed by atoms with Crippen molar-refractivity contribution in [1.29, 1.82) is 0 Å². The summed E-state index contributed by atoms with van der Waals surface area (Å²) in [5, 5.41) is 7.48. The quantitative estimate of drug-likeness (QED) is 0.739. The number of morpholine rings is 1. The fourth-order valence-electron chi connectivity index (χ4n) is 2.12. The number of nitrogens with zero attached hydrogens (tertiary/aromatic N) is 3. The first-order chi connectivity index (χ1) is 9.31.